The Bertz CT molecular complexity index is 1160. The van der Waals surface area contributed by atoms with Gasteiger partial charge in [0.2, 0.25) is 0 Å². The number of imidazole rings is 1. The number of hydrogen-bond acceptors (Lipinski definition) is 3. The summed E-state index contributed by atoms with van der Waals surface area (Å²) in [6.45, 7) is 8.71. The average Bonchev–Trinajstić information content (AvgIpc) is 3.25. The fourth-order valence-electron chi connectivity index (χ4n) is 4.14. The van der Waals surface area contributed by atoms with E-state index >= 15 is 0 Å². The smallest absolute Gasteiger partial charge is 0.147 e. The van der Waals surface area contributed by atoms with Crippen molar-refractivity contribution in [2.45, 2.75) is 65.5 Å². The molecule has 0 bridgehead atoms. The van der Waals surface area contributed by atoms with Gasteiger partial charge in [0.05, 0.1) is 17.6 Å². The number of hydrogen-bond donors (Lipinski definition) is 0. The van der Waals surface area contributed by atoms with E-state index in [1.807, 2.05) is 18.2 Å². The van der Waals surface area contributed by atoms with Crippen molar-refractivity contribution in [3.05, 3.63) is 89.7 Å². The summed E-state index contributed by atoms with van der Waals surface area (Å²) >= 11 is 0. The molecule has 4 rings (SSSR count). The normalized spacial score (nSPS) is 12.1. The van der Waals surface area contributed by atoms with Crippen molar-refractivity contribution in [3.8, 4) is 11.5 Å². The first-order chi connectivity index (χ1) is 16.7. The van der Waals surface area contributed by atoms with Gasteiger partial charge in [0.25, 0.3) is 0 Å². The lowest BCUT2D eigenvalue weighted by Crippen LogP contribution is -2.09. The number of fused-ring (bicyclic) bond motifs is 1. The monoisotopic (exact) mass is 456 g/mol. The molecule has 0 saturated carbocycles. The summed E-state index contributed by atoms with van der Waals surface area (Å²) in [6.07, 6.45) is 4.19. The van der Waals surface area contributed by atoms with Crippen LogP contribution in [0.25, 0.3) is 11.0 Å². The van der Waals surface area contributed by atoms with Gasteiger partial charge < -0.3 is 14.0 Å². The predicted molar refractivity (Wildman–Crippen MR) is 140 cm³/mol. The first-order valence-corrected chi connectivity index (χ1v) is 12.6. The zero-order valence-corrected chi connectivity index (χ0v) is 20.7. The maximum Gasteiger partial charge on any atom is 0.147 e. The molecule has 1 unspecified atom stereocenters. The molecule has 0 aliphatic rings. The van der Waals surface area contributed by atoms with Crippen LogP contribution < -0.4 is 9.47 Å². The summed E-state index contributed by atoms with van der Waals surface area (Å²) in [6, 6.07) is 25.2. The van der Waals surface area contributed by atoms with E-state index in [1.54, 1.807) is 0 Å². The molecule has 0 N–H and O–H groups in total. The second-order valence-electron chi connectivity index (χ2n) is 8.89. The Kier molecular flexibility index (Phi) is 8.24. The van der Waals surface area contributed by atoms with E-state index in [0.29, 0.717) is 19.1 Å². The minimum absolute atomic E-state index is 0.458. The molecule has 0 aliphatic carbocycles. The highest BCUT2D eigenvalue weighted by molar-refractivity contribution is 5.75. The highest BCUT2D eigenvalue weighted by Crippen LogP contribution is 2.22. The van der Waals surface area contributed by atoms with Crippen molar-refractivity contribution in [3.63, 3.8) is 0 Å². The van der Waals surface area contributed by atoms with Crippen LogP contribution in [0.4, 0.5) is 0 Å². The molecule has 1 aromatic heterocycles. The van der Waals surface area contributed by atoms with Gasteiger partial charge in [-0.2, -0.15) is 0 Å². The minimum Gasteiger partial charge on any atom is -0.494 e. The maximum atomic E-state index is 6.07. The van der Waals surface area contributed by atoms with Crippen molar-refractivity contribution >= 4 is 11.0 Å². The third-order valence-electron chi connectivity index (χ3n) is 6.54. The highest BCUT2D eigenvalue weighted by Gasteiger charge is 2.11. The fraction of sp³-hybridized carbons (Fsp3) is 0.367. The summed E-state index contributed by atoms with van der Waals surface area (Å²) in [5, 5.41) is 0. The number of ether oxygens (including phenoxy) is 2. The summed E-state index contributed by atoms with van der Waals surface area (Å²) in [5.74, 6) is 3.38. The van der Waals surface area contributed by atoms with Gasteiger partial charge in [-0.3, -0.25) is 0 Å². The van der Waals surface area contributed by atoms with E-state index < -0.39 is 0 Å². The van der Waals surface area contributed by atoms with Crippen molar-refractivity contribution < 1.29 is 9.47 Å². The third kappa shape index (κ3) is 5.99. The second kappa shape index (κ2) is 11.7. The number of benzene rings is 3. The van der Waals surface area contributed by atoms with Gasteiger partial charge in [-0.1, -0.05) is 57.2 Å². The molecule has 34 heavy (non-hydrogen) atoms. The minimum atomic E-state index is 0.458. The number of unbranched alkanes of at least 4 members (excludes halogenated alkanes) is 1. The standard InChI is InChI=1S/C30H36N2O2/c1-4-23(3)25-14-18-26(19-15-25)33-21-9-8-20-32-29-11-7-6-10-28(29)31-30(32)22-34-27-16-12-24(5-2)13-17-27/h6-7,10-19,23H,4-5,8-9,20-22H2,1-3H3. The number of para-hydroxylation sites is 2. The maximum absolute atomic E-state index is 6.07. The largest absolute Gasteiger partial charge is 0.494 e. The Morgan fingerprint density at radius 2 is 1.53 bits per heavy atom. The van der Waals surface area contributed by atoms with E-state index in [9.17, 15) is 0 Å². The predicted octanol–water partition coefficient (Wildman–Crippen LogP) is 7.55. The summed E-state index contributed by atoms with van der Waals surface area (Å²) in [5.41, 5.74) is 4.86. The molecule has 0 aliphatic heterocycles. The van der Waals surface area contributed by atoms with E-state index in [1.165, 1.54) is 11.1 Å². The molecule has 0 spiro atoms. The number of aryl methyl sites for hydroxylation is 2. The number of rotatable bonds is 12. The van der Waals surface area contributed by atoms with Gasteiger partial charge in [-0.15, -0.1) is 0 Å². The molecule has 4 heteroatoms. The van der Waals surface area contributed by atoms with Gasteiger partial charge in [0.15, 0.2) is 0 Å². The van der Waals surface area contributed by atoms with Gasteiger partial charge in [0, 0.05) is 6.54 Å². The molecule has 4 aromatic rings. The van der Waals surface area contributed by atoms with Crippen LogP contribution in [-0.2, 0) is 19.6 Å². The molecular formula is C30H36N2O2. The van der Waals surface area contributed by atoms with Gasteiger partial charge in [-0.25, -0.2) is 4.98 Å². The molecule has 1 atom stereocenters. The molecular weight excluding hydrogens is 420 g/mol. The summed E-state index contributed by atoms with van der Waals surface area (Å²) < 4.78 is 14.3. The summed E-state index contributed by atoms with van der Waals surface area (Å²) in [4.78, 5) is 4.84. The summed E-state index contributed by atoms with van der Waals surface area (Å²) in [7, 11) is 0. The SMILES string of the molecule is CCc1ccc(OCc2nc3ccccc3n2CCCCOc2ccc(C(C)CC)cc2)cc1. The van der Waals surface area contributed by atoms with Gasteiger partial charge >= 0.3 is 0 Å². The van der Waals surface area contributed by atoms with E-state index in [2.05, 4.69) is 79.9 Å². The van der Waals surface area contributed by atoms with Crippen LogP contribution in [0.2, 0.25) is 0 Å². The van der Waals surface area contributed by atoms with Crippen LogP contribution in [0, 0.1) is 0 Å². The number of nitrogens with zero attached hydrogens (tertiary/aromatic N) is 2. The Morgan fingerprint density at radius 1 is 0.824 bits per heavy atom. The van der Waals surface area contributed by atoms with Crippen LogP contribution in [0.1, 0.15) is 62.9 Å². The zero-order chi connectivity index (χ0) is 23.8. The molecule has 1 heterocycles. The molecule has 178 valence electrons. The Morgan fingerprint density at radius 3 is 2.26 bits per heavy atom. The van der Waals surface area contributed by atoms with E-state index in [0.717, 1.165) is 60.6 Å². The lowest BCUT2D eigenvalue weighted by Gasteiger charge is -2.12. The Balaban J connectivity index is 1.32. The average molecular weight is 457 g/mol. The second-order valence-corrected chi connectivity index (χ2v) is 8.89. The van der Waals surface area contributed by atoms with Gasteiger partial charge in [0.1, 0.15) is 23.9 Å². The molecule has 0 fully saturated rings. The van der Waals surface area contributed by atoms with Crippen LogP contribution in [-0.4, -0.2) is 16.2 Å². The highest BCUT2D eigenvalue weighted by atomic mass is 16.5. The first kappa shape index (κ1) is 23.9. The lowest BCUT2D eigenvalue weighted by atomic mass is 9.99. The lowest BCUT2D eigenvalue weighted by molar-refractivity contribution is 0.285. The Hall–Kier alpha value is -3.27. The fourth-order valence-corrected chi connectivity index (χ4v) is 4.14. The van der Waals surface area contributed by atoms with Crippen molar-refractivity contribution in [1.29, 1.82) is 0 Å². The first-order valence-electron chi connectivity index (χ1n) is 12.6. The van der Waals surface area contributed by atoms with E-state index in [4.69, 9.17) is 14.5 Å². The molecule has 3 aromatic carbocycles. The molecule has 0 radical (unpaired) electrons. The van der Waals surface area contributed by atoms with Crippen LogP contribution >= 0.6 is 0 Å². The molecule has 0 saturated heterocycles. The van der Waals surface area contributed by atoms with Crippen LogP contribution in [0.5, 0.6) is 11.5 Å². The quantitative estimate of drug-likeness (QED) is 0.206. The van der Waals surface area contributed by atoms with Crippen molar-refractivity contribution in [2.75, 3.05) is 6.61 Å². The van der Waals surface area contributed by atoms with Crippen LogP contribution in [0.3, 0.4) is 0 Å². The third-order valence-corrected chi connectivity index (χ3v) is 6.54. The molecule has 4 nitrogen and oxygen atoms in total. The zero-order valence-electron chi connectivity index (χ0n) is 20.7. The topological polar surface area (TPSA) is 36.3 Å². The van der Waals surface area contributed by atoms with Gasteiger partial charge in [-0.05, 0) is 79.1 Å². The molecule has 0 amide bonds. The number of aromatic nitrogens is 2. The Labute approximate surface area is 203 Å². The van der Waals surface area contributed by atoms with Crippen molar-refractivity contribution in [1.82, 2.24) is 9.55 Å². The van der Waals surface area contributed by atoms with Crippen molar-refractivity contribution in [2.24, 2.45) is 0 Å². The van der Waals surface area contributed by atoms with Crippen LogP contribution in [0.15, 0.2) is 72.8 Å². The van der Waals surface area contributed by atoms with E-state index in [-0.39, 0.29) is 0 Å².